The summed E-state index contributed by atoms with van der Waals surface area (Å²) in [5.41, 5.74) is 1.57. The minimum Gasteiger partial charge on any atom is -0.450 e. The standard InChI is InChI=1S/C19H26N2O4/c1-13-10-14(2)12-16(11-13)21(9-7-8-20)17(22)15(3)25-18(23)19(4,5)24-6/h10-12,15H,7,9H2,1-6H3. The lowest BCUT2D eigenvalue weighted by Gasteiger charge is -2.28. The number of benzene rings is 1. The highest BCUT2D eigenvalue weighted by Gasteiger charge is 2.33. The molecule has 1 amide bonds. The lowest BCUT2D eigenvalue weighted by Crippen LogP contribution is -2.44. The van der Waals surface area contributed by atoms with Crippen LogP contribution in [0.1, 0.15) is 38.3 Å². The van der Waals surface area contributed by atoms with Crippen LogP contribution >= 0.6 is 0 Å². The molecular weight excluding hydrogens is 320 g/mol. The van der Waals surface area contributed by atoms with Crippen molar-refractivity contribution in [2.45, 2.75) is 52.7 Å². The number of carbonyl (C=O) groups excluding carboxylic acids is 2. The number of anilines is 1. The Balaban J connectivity index is 3.04. The summed E-state index contributed by atoms with van der Waals surface area (Å²) in [5.74, 6) is -0.989. The Morgan fingerprint density at radius 1 is 1.24 bits per heavy atom. The highest BCUT2D eigenvalue weighted by molar-refractivity contribution is 5.98. The van der Waals surface area contributed by atoms with Crippen molar-refractivity contribution in [1.29, 1.82) is 5.26 Å². The van der Waals surface area contributed by atoms with Gasteiger partial charge in [0.25, 0.3) is 5.91 Å². The summed E-state index contributed by atoms with van der Waals surface area (Å²) in [6, 6.07) is 7.79. The number of hydrogen-bond donors (Lipinski definition) is 0. The van der Waals surface area contributed by atoms with E-state index in [1.54, 1.807) is 13.8 Å². The number of rotatable bonds is 7. The maximum atomic E-state index is 12.8. The first-order valence-corrected chi connectivity index (χ1v) is 8.15. The number of hydrogen-bond acceptors (Lipinski definition) is 5. The summed E-state index contributed by atoms with van der Waals surface area (Å²) in [5, 5.41) is 8.89. The van der Waals surface area contributed by atoms with Gasteiger partial charge in [0.05, 0.1) is 12.5 Å². The van der Waals surface area contributed by atoms with Crippen LogP contribution in [0.2, 0.25) is 0 Å². The van der Waals surface area contributed by atoms with Crippen LogP contribution in [0, 0.1) is 25.2 Å². The largest absolute Gasteiger partial charge is 0.450 e. The molecule has 0 saturated carbocycles. The number of methoxy groups -OCH3 is 1. The number of ether oxygens (including phenoxy) is 2. The van der Waals surface area contributed by atoms with E-state index in [9.17, 15) is 9.59 Å². The van der Waals surface area contributed by atoms with Crippen molar-refractivity contribution in [3.05, 3.63) is 29.3 Å². The summed E-state index contributed by atoms with van der Waals surface area (Å²) in [6.45, 7) is 8.78. The van der Waals surface area contributed by atoms with Crippen LogP contribution in [0.4, 0.5) is 5.69 Å². The molecule has 0 aromatic heterocycles. The Morgan fingerprint density at radius 2 is 1.80 bits per heavy atom. The van der Waals surface area contributed by atoms with E-state index >= 15 is 0 Å². The molecule has 1 aromatic carbocycles. The highest BCUT2D eigenvalue weighted by atomic mass is 16.6. The Morgan fingerprint density at radius 3 is 2.28 bits per heavy atom. The molecule has 1 unspecified atom stereocenters. The zero-order valence-electron chi connectivity index (χ0n) is 15.8. The Bertz CT molecular complexity index is 656. The minimum absolute atomic E-state index is 0.183. The van der Waals surface area contributed by atoms with Crippen LogP contribution in [0.25, 0.3) is 0 Å². The van der Waals surface area contributed by atoms with E-state index in [0.29, 0.717) is 5.69 Å². The van der Waals surface area contributed by atoms with Crippen molar-refractivity contribution in [2.75, 3.05) is 18.6 Å². The van der Waals surface area contributed by atoms with Crippen molar-refractivity contribution in [2.24, 2.45) is 0 Å². The second kappa shape index (κ2) is 8.63. The van der Waals surface area contributed by atoms with Gasteiger partial charge in [0.1, 0.15) is 0 Å². The lowest BCUT2D eigenvalue weighted by molar-refractivity contribution is -0.172. The second-order valence-electron chi connectivity index (χ2n) is 6.51. The van der Waals surface area contributed by atoms with Crippen LogP contribution in [-0.4, -0.2) is 37.2 Å². The first kappa shape index (κ1) is 20.7. The first-order valence-electron chi connectivity index (χ1n) is 8.15. The predicted octanol–water partition coefficient (Wildman–Crippen LogP) is 2.91. The first-order chi connectivity index (χ1) is 11.6. The molecular formula is C19H26N2O4. The topological polar surface area (TPSA) is 79.6 Å². The van der Waals surface area contributed by atoms with E-state index in [4.69, 9.17) is 14.7 Å². The maximum Gasteiger partial charge on any atom is 0.338 e. The molecule has 25 heavy (non-hydrogen) atoms. The van der Waals surface area contributed by atoms with Gasteiger partial charge in [-0.25, -0.2) is 4.79 Å². The third kappa shape index (κ3) is 5.57. The Hall–Kier alpha value is -2.39. The number of amides is 1. The van der Waals surface area contributed by atoms with E-state index < -0.39 is 17.7 Å². The van der Waals surface area contributed by atoms with E-state index in [-0.39, 0.29) is 18.9 Å². The van der Waals surface area contributed by atoms with E-state index in [1.807, 2.05) is 38.1 Å². The quantitative estimate of drug-likeness (QED) is 0.709. The number of nitriles is 1. The van der Waals surface area contributed by atoms with Gasteiger partial charge in [0, 0.05) is 19.3 Å². The van der Waals surface area contributed by atoms with Crippen LogP contribution in [-0.2, 0) is 19.1 Å². The van der Waals surface area contributed by atoms with Crippen LogP contribution in [0.3, 0.4) is 0 Å². The molecule has 0 aliphatic heterocycles. The Kier molecular flexibility index (Phi) is 7.13. The van der Waals surface area contributed by atoms with Crippen molar-refractivity contribution < 1.29 is 19.1 Å². The predicted molar refractivity (Wildman–Crippen MR) is 95.1 cm³/mol. The molecule has 1 aromatic rings. The summed E-state index contributed by atoms with van der Waals surface area (Å²) in [4.78, 5) is 26.4. The SMILES string of the molecule is COC(C)(C)C(=O)OC(C)C(=O)N(CCC#N)c1cc(C)cc(C)c1. The molecule has 1 rings (SSSR count). The van der Waals surface area contributed by atoms with Gasteiger partial charge in [-0.15, -0.1) is 0 Å². The molecule has 0 aliphatic rings. The molecule has 6 nitrogen and oxygen atoms in total. The lowest BCUT2D eigenvalue weighted by atomic mass is 10.1. The van der Waals surface area contributed by atoms with Gasteiger partial charge >= 0.3 is 5.97 Å². The molecule has 0 radical (unpaired) electrons. The molecule has 0 N–H and O–H groups in total. The van der Waals surface area contributed by atoms with Crippen LogP contribution < -0.4 is 4.90 Å². The van der Waals surface area contributed by atoms with Crippen molar-refractivity contribution >= 4 is 17.6 Å². The van der Waals surface area contributed by atoms with Crippen LogP contribution in [0.15, 0.2) is 18.2 Å². The van der Waals surface area contributed by atoms with Gasteiger partial charge in [-0.3, -0.25) is 4.79 Å². The van der Waals surface area contributed by atoms with Gasteiger partial charge in [0.15, 0.2) is 11.7 Å². The average molecular weight is 346 g/mol. The van der Waals surface area contributed by atoms with Gasteiger partial charge in [-0.05, 0) is 57.9 Å². The fraction of sp³-hybridized carbons (Fsp3) is 0.526. The minimum atomic E-state index is -1.13. The number of nitrogens with zero attached hydrogens (tertiary/aromatic N) is 2. The summed E-state index contributed by atoms with van der Waals surface area (Å²) >= 11 is 0. The molecule has 0 aliphatic carbocycles. The molecule has 0 fully saturated rings. The molecule has 0 spiro atoms. The number of esters is 1. The average Bonchev–Trinajstić information content (AvgIpc) is 2.53. The smallest absolute Gasteiger partial charge is 0.338 e. The summed E-state index contributed by atoms with van der Waals surface area (Å²) in [6.07, 6.45) is -0.801. The molecule has 136 valence electrons. The second-order valence-corrected chi connectivity index (χ2v) is 6.51. The Labute approximate surface area is 149 Å². The molecule has 1 atom stereocenters. The maximum absolute atomic E-state index is 12.8. The van der Waals surface area contributed by atoms with Crippen LogP contribution in [0.5, 0.6) is 0 Å². The monoisotopic (exact) mass is 346 g/mol. The normalized spacial score (nSPS) is 12.2. The summed E-state index contributed by atoms with van der Waals surface area (Å²) < 4.78 is 10.4. The fourth-order valence-electron chi connectivity index (χ4n) is 2.29. The molecule has 6 heteroatoms. The van der Waals surface area contributed by atoms with E-state index in [2.05, 4.69) is 0 Å². The number of aryl methyl sites for hydroxylation is 2. The third-order valence-corrected chi connectivity index (χ3v) is 3.86. The fourth-order valence-corrected chi connectivity index (χ4v) is 2.29. The van der Waals surface area contributed by atoms with Crippen molar-refractivity contribution in [1.82, 2.24) is 0 Å². The van der Waals surface area contributed by atoms with E-state index in [0.717, 1.165) is 11.1 Å². The van der Waals surface area contributed by atoms with Crippen molar-refractivity contribution in [3.63, 3.8) is 0 Å². The van der Waals surface area contributed by atoms with Gasteiger partial charge in [-0.1, -0.05) is 6.07 Å². The molecule has 0 saturated heterocycles. The number of carbonyl (C=O) groups is 2. The van der Waals surface area contributed by atoms with Gasteiger partial charge < -0.3 is 14.4 Å². The van der Waals surface area contributed by atoms with Gasteiger partial charge in [-0.2, -0.15) is 5.26 Å². The van der Waals surface area contributed by atoms with Crippen molar-refractivity contribution in [3.8, 4) is 6.07 Å². The molecule has 0 bridgehead atoms. The third-order valence-electron chi connectivity index (χ3n) is 3.86. The molecule has 0 heterocycles. The summed E-state index contributed by atoms with van der Waals surface area (Å²) in [7, 11) is 1.41. The van der Waals surface area contributed by atoms with Gasteiger partial charge in [0.2, 0.25) is 0 Å². The van der Waals surface area contributed by atoms with E-state index in [1.165, 1.54) is 18.9 Å². The highest BCUT2D eigenvalue weighted by Crippen LogP contribution is 2.21. The zero-order chi connectivity index (χ0) is 19.2. The zero-order valence-corrected chi connectivity index (χ0v) is 15.8.